The Kier molecular flexibility index (Phi) is 5.97. The quantitative estimate of drug-likeness (QED) is 0.363. The molecule has 3 N–H and O–H groups in total. The minimum Gasteiger partial charge on any atom is -0.351 e. The molecular weight excluding hydrogens is 488 g/mol. The number of aromatic nitrogens is 2. The van der Waals surface area contributed by atoms with Crippen LogP contribution in [-0.4, -0.2) is 34.7 Å². The predicted octanol–water partition coefficient (Wildman–Crippen LogP) is 3.47. The van der Waals surface area contributed by atoms with Crippen LogP contribution in [0.15, 0.2) is 36.7 Å². The summed E-state index contributed by atoms with van der Waals surface area (Å²) in [6.07, 6.45) is 4.95. The van der Waals surface area contributed by atoms with Crippen molar-refractivity contribution in [2.75, 3.05) is 18.4 Å². The molecule has 4 rings (SSSR count). The fraction of sp³-hybridized carbons (Fsp3) is 0.300. The topological polar surface area (TPSA) is 80.2 Å². The zero-order valence-corrected chi connectivity index (χ0v) is 18.0. The monoisotopic (exact) mass is 509 g/mol. The van der Waals surface area contributed by atoms with Crippen molar-refractivity contribution in [1.29, 1.82) is 0 Å². The summed E-state index contributed by atoms with van der Waals surface area (Å²) < 4.78 is 17.0. The van der Waals surface area contributed by atoms with Gasteiger partial charge in [0.05, 0.1) is 23.0 Å². The molecule has 29 heavy (non-hydrogen) atoms. The second-order valence-corrected chi connectivity index (χ2v) is 8.17. The van der Waals surface area contributed by atoms with Gasteiger partial charge < -0.3 is 15.2 Å². The van der Waals surface area contributed by atoms with Crippen LogP contribution in [-0.2, 0) is 11.9 Å². The van der Waals surface area contributed by atoms with Gasteiger partial charge in [0.1, 0.15) is 11.5 Å². The van der Waals surface area contributed by atoms with E-state index in [1.54, 1.807) is 36.1 Å². The number of piperidine rings is 1. The fourth-order valence-electron chi connectivity index (χ4n) is 3.50. The molecule has 3 heterocycles. The van der Waals surface area contributed by atoms with Gasteiger partial charge in [-0.15, -0.1) is 0 Å². The fourth-order valence-corrected chi connectivity index (χ4v) is 3.96. The van der Waals surface area contributed by atoms with Crippen molar-refractivity contribution in [3.05, 3.63) is 51.7 Å². The number of hydrogen-bond acceptors (Lipinski definition) is 5. The van der Waals surface area contributed by atoms with Crippen LogP contribution in [0.25, 0.3) is 10.9 Å². The number of amides is 1. The molecule has 9 heteroatoms. The summed E-state index contributed by atoms with van der Waals surface area (Å²) >= 11 is 2.05. The number of benzene rings is 1. The van der Waals surface area contributed by atoms with E-state index < -0.39 is 11.7 Å². The van der Waals surface area contributed by atoms with Crippen molar-refractivity contribution in [1.82, 2.24) is 20.3 Å². The summed E-state index contributed by atoms with van der Waals surface area (Å²) in [5.41, 5.74) is 4.51. The van der Waals surface area contributed by atoms with Crippen molar-refractivity contribution in [2.45, 2.75) is 18.9 Å². The number of halogens is 2. The lowest BCUT2D eigenvalue weighted by atomic mass is 10.1. The van der Waals surface area contributed by atoms with E-state index in [2.05, 4.69) is 43.7 Å². The van der Waals surface area contributed by atoms with Gasteiger partial charge in [-0.1, -0.05) is 0 Å². The van der Waals surface area contributed by atoms with Crippen molar-refractivity contribution in [2.24, 2.45) is 7.05 Å². The molecule has 1 saturated heterocycles. The summed E-state index contributed by atoms with van der Waals surface area (Å²) in [5, 5.41) is 7.06. The van der Waals surface area contributed by atoms with E-state index >= 15 is 0 Å². The zero-order valence-electron chi connectivity index (χ0n) is 15.8. The van der Waals surface area contributed by atoms with Crippen LogP contribution in [0.3, 0.4) is 0 Å². The smallest absolute Gasteiger partial charge is 0.293 e. The van der Waals surface area contributed by atoms with E-state index in [-0.39, 0.29) is 11.8 Å². The summed E-state index contributed by atoms with van der Waals surface area (Å²) in [4.78, 5) is 22.8. The second-order valence-electron chi connectivity index (χ2n) is 6.92. The van der Waals surface area contributed by atoms with E-state index in [0.29, 0.717) is 11.4 Å². The molecule has 2 aromatic heterocycles. The molecule has 1 aliphatic heterocycles. The SMILES string of the molecule is Cn1c(C(=O)NOC2CCNCC2)c(Nc2ccc(I)cc2F)c2cnccc21. The third-order valence-electron chi connectivity index (χ3n) is 5.01. The van der Waals surface area contributed by atoms with Crippen LogP contribution < -0.4 is 16.1 Å². The molecule has 152 valence electrons. The van der Waals surface area contributed by atoms with Gasteiger partial charge in [0.2, 0.25) is 0 Å². The number of aryl methyl sites for hydroxylation is 1. The van der Waals surface area contributed by atoms with Gasteiger partial charge in [0.15, 0.2) is 0 Å². The number of anilines is 2. The molecule has 3 aromatic rings. The third kappa shape index (κ3) is 4.21. The Morgan fingerprint density at radius 3 is 2.90 bits per heavy atom. The number of hydroxylamine groups is 1. The highest BCUT2D eigenvalue weighted by atomic mass is 127. The van der Waals surface area contributed by atoms with Crippen LogP contribution in [0.4, 0.5) is 15.8 Å². The molecule has 0 saturated carbocycles. The van der Waals surface area contributed by atoms with Crippen LogP contribution in [0.1, 0.15) is 23.3 Å². The molecule has 1 aliphatic rings. The van der Waals surface area contributed by atoms with Gasteiger partial charge in [-0.05, 0) is 72.8 Å². The molecule has 1 aromatic carbocycles. The first-order chi connectivity index (χ1) is 14.0. The Morgan fingerprint density at radius 1 is 1.34 bits per heavy atom. The minimum absolute atomic E-state index is 0.0263. The Morgan fingerprint density at radius 2 is 2.14 bits per heavy atom. The number of pyridine rings is 1. The Balaban J connectivity index is 1.67. The summed E-state index contributed by atoms with van der Waals surface area (Å²) in [6.45, 7) is 1.72. The molecule has 7 nitrogen and oxygen atoms in total. The van der Waals surface area contributed by atoms with Crippen LogP contribution in [0.2, 0.25) is 0 Å². The largest absolute Gasteiger partial charge is 0.351 e. The van der Waals surface area contributed by atoms with Crippen LogP contribution in [0, 0.1) is 9.39 Å². The molecule has 0 bridgehead atoms. The number of rotatable bonds is 5. The lowest BCUT2D eigenvalue weighted by molar-refractivity contribution is -0.0285. The third-order valence-corrected chi connectivity index (χ3v) is 5.68. The van der Waals surface area contributed by atoms with Gasteiger partial charge in [0.25, 0.3) is 5.91 Å². The Bertz CT molecular complexity index is 1050. The highest BCUT2D eigenvalue weighted by Gasteiger charge is 2.24. The average molecular weight is 509 g/mol. The Hall–Kier alpha value is -2.24. The molecule has 0 aliphatic carbocycles. The summed E-state index contributed by atoms with van der Waals surface area (Å²) in [6, 6.07) is 6.70. The first kappa shape index (κ1) is 20.0. The number of hydrogen-bond donors (Lipinski definition) is 3. The normalized spacial score (nSPS) is 14.9. The standard InChI is InChI=1S/C20H21FIN5O2/c1-27-17-6-9-24-11-14(17)18(25-16-3-2-12(22)10-15(16)21)19(27)20(28)26-29-13-4-7-23-8-5-13/h2-3,6,9-11,13,23,25H,4-5,7-8H2,1H3,(H,26,28). The number of carbonyl (C=O) groups excluding carboxylic acids is 1. The predicted molar refractivity (Wildman–Crippen MR) is 118 cm³/mol. The number of nitrogens with one attached hydrogen (secondary N) is 3. The molecule has 0 unspecified atom stereocenters. The number of nitrogens with zero attached hydrogens (tertiary/aromatic N) is 2. The van der Waals surface area contributed by atoms with E-state index in [9.17, 15) is 9.18 Å². The van der Waals surface area contributed by atoms with Gasteiger partial charge in [-0.3, -0.25) is 14.6 Å². The molecule has 0 spiro atoms. The first-order valence-corrected chi connectivity index (χ1v) is 10.4. The number of fused-ring (bicyclic) bond motifs is 1. The van der Waals surface area contributed by atoms with Crippen molar-refractivity contribution >= 4 is 50.8 Å². The molecule has 1 fully saturated rings. The highest BCUT2D eigenvalue weighted by molar-refractivity contribution is 14.1. The van der Waals surface area contributed by atoms with E-state index in [4.69, 9.17) is 4.84 Å². The number of carbonyl (C=O) groups is 1. The average Bonchev–Trinajstić information content (AvgIpc) is 3.01. The van der Waals surface area contributed by atoms with Crippen LogP contribution >= 0.6 is 22.6 Å². The molecule has 0 radical (unpaired) electrons. The van der Waals surface area contributed by atoms with Crippen molar-refractivity contribution < 1.29 is 14.0 Å². The second kappa shape index (κ2) is 8.64. The molecule has 1 amide bonds. The summed E-state index contributed by atoms with van der Waals surface area (Å²) in [7, 11) is 1.79. The van der Waals surface area contributed by atoms with E-state index in [0.717, 1.165) is 40.4 Å². The van der Waals surface area contributed by atoms with E-state index in [1.165, 1.54) is 6.07 Å². The molecule has 0 atom stereocenters. The maximum Gasteiger partial charge on any atom is 0.293 e. The van der Waals surface area contributed by atoms with Gasteiger partial charge in [-0.2, -0.15) is 0 Å². The van der Waals surface area contributed by atoms with Crippen LogP contribution in [0.5, 0.6) is 0 Å². The molecular formula is C20H21FIN5O2. The van der Waals surface area contributed by atoms with Gasteiger partial charge in [-0.25, -0.2) is 9.87 Å². The summed E-state index contributed by atoms with van der Waals surface area (Å²) in [5.74, 6) is -0.786. The zero-order chi connectivity index (χ0) is 20.4. The van der Waals surface area contributed by atoms with Crippen molar-refractivity contribution in [3.63, 3.8) is 0 Å². The lowest BCUT2D eigenvalue weighted by Crippen LogP contribution is -2.38. The first-order valence-electron chi connectivity index (χ1n) is 9.36. The maximum atomic E-state index is 14.4. The van der Waals surface area contributed by atoms with E-state index in [1.807, 2.05) is 6.07 Å². The van der Waals surface area contributed by atoms with Crippen molar-refractivity contribution in [3.8, 4) is 0 Å². The van der Waals surface area contributed by atoms with Gasteiger partial charge in [0, 0.05) is 28.4 Å². The van der Waals surface area contributed by atoms with Gasteiger partial charge >= 0.3 is 0 Å². The lowest BCUT2D eigenvalue weighted by Gasteiger charge is -2.22. The highest BCUT2D eigenvalue weighted by Crippen LogP contribution is 2.33. The maximum absolute atomic E-state index is 14.4. The minimum atomic E-state index is -0.393. The Labute approximate surface area is 181 Å².